The number of hydrogen-bond donors (Lipinski definition) is 0. The van der Waals surface area contributed by atoms with Gasteiger partial charge in [0.2, 0.25) is 0 Å². The summed E-state index contributed by atoms with van der Waals surface area (Å²) in [5.74, 6) is -0.00286. The fraction of sp³-hybridized carbons (Fsp3) is 0.579. The van der Waals surface area contributed by atoms with Crippen molar-refractivity contribution in [3.8, 4) is 5.75 Å². The SMILES string of the molecule is COC(=O)C1(C)CCCC2(C)c3cc(OC)ccc3C(=O)C(Cl)C12. The number of halogens is 1. The Morgan fingerprint density at radius 2 is 1.96 bits per heavy atom. The lowest BCUT2D eigenvalue weighted by molar-refractivity contribution is -0.160. The Balaban J connectivity index is 2.23. The Labute approximate surface area is 147 Å². The van der Waals surface area contributed by atoms with Crippen molar-refractivity contribution < 1.29 is 19.1 Å². The fourth-order valence-electron chi connectivity index (χ4n) is 4.88. The van der Waals surface area contributed by atoms with Crippen LogP contribution in [0.5, 0.6) is 5.75 Å². The number of carbonyl (C=O) groups is 2. The summed E-state index contributed by atoms with van der Waals surface area (Å²) >= 11 is 6.63. The van der Waals surface area contributed by atoms with Crippen molar-refractivity contribution in [2.75, 3.05) is 14.2 Å². The number of Topliss-reactive ketones (excluding diaryl/α,β-unsaturated/α-hetero) is 1. The second-order valence-electron chi connectivity index (χ2n) is 7.34. The first-order valence-electron chi connectivity index (χ1n) is 8.25. The molecule has 5 heteroatoms. The summed E-state index contributed by atoms with van der Waals surface area (Å²) in [6.45, 7) is 3.99. The van der Waals surface area contributed by atoms with E-state index in [-0.39, 0.29) is 23.1 Å². The molecule has 4 unspecified atom stereocenters. The van der Waals surface area contributed by atoms with Crippen LogP contribution in [0.3, 0.4) is 0 Å². The van der Waals surface area contributed by atoms with Crippen LogP contribution in [0.25, 0.3) is 0 Å². The molecule has 1 aromatic rings. The minimum atomic E-state index is -0.773. The standard InChI is InChI=1S/C19H23ClO4/c1-18-8-5-9-19(2,17(22)24-4)16(18)14(20)15(21)12-7-6-11(23-3)10-13(12)18/h6-7,10,14,16H,5,8-9H2,1-4H3. The summed E-state index contributed by atoms with van der Waals surface area (Å²) in [5, 5.41) is -0.736. The number of benzene rings is 1. The molecule has 3 rings (SSSR count). The summed E-state index contributed by atoms with van der Waals surface area (Å²) in [6, 6.07) is 5.50. The maximum Gasteiger partial charge on any atom is 0.311 e. The molecule has 4 nitrogen and oxygen atoms in total. The van der Waals surface area contributed by atoms with Gasteiger partial charge in [-0.25, -0.2) is 0 Å². The Morgan fingerprint density at radius 3 is 2.58 bits per heavy atom. The third kappa shape index (κ3) is 2.19. The molecule has 0 aliphatic heterocycles. The summed E-state index contributed by atoms with van der Waals surface area (Å²) in [7, 11) is 3.00. The van der Waals surface area contributed by atoms with Gasteiger partial charge in [0.05, 0.1) is 19.6 Å². The largest absolute Gasteiger partial charge is 0.497 e. The van der Waals surface area contributed by atoms with Gasteiger partial charge in [-0.1, -0.05) is 13.3 Å². The molecule has 0 spiro atoms. The monoisotopic (exact) mass is 350 g/mol. The van der Waals surface area contributed by atoms with Crippen LogP contribution in [0.2, 0.25) is 0 Å². The van der Waals surface area contributed by atoms with Gasteiger partial charge in [-0.2, -0.15) is 0 Å². The first-order chi connectivity index (χ1) is 11.3. The van der Waals surface area contributed by atoms with Crippen LogP contribution in [-0.2, 0) is 14.9 Å². The number of esters is 1. The van der Waals surface area contributed by atoms with Crippen molar-refractivity contribution in [2.45, 2.75) is 43.9 Å². The number of rotatable bonds is 2. The lowest BCUT2D eigenvalue weighted by atomic mass is 9.49. The van der Waals surface area contributed by atoms with Crippen molar-refractivity contribution in [2.24, 2.45) is 11.3 Å². The summed E-state index contributed by atoms with van der Waals surface area (Å²) in [6.07, 6.45) is 2.43. The highest BCUT2D eigenvalue weighted by Crippen LogP contribution is 2.59. The molecule has 1 aromatic carbocycles. The van der Waals surface area contributed by atoms with E-state index in [1.165, 1.54) is 7.11 Å². The zero-order valence-corrected chi connectivity index (χ0v) is 15.3. The van der Waals surface area contributed by atoms with E-state index >= 15 is 0 Å². The molecule has 0 bridgehead atoms. The number of carbonyl (C=O) groups excluding carboxylic acids is 2. The molecule has 1 saturated carbocycles. The predicted molar refractivity (Wildman–Crippen MR) is 91.8 cm³/mol. The molecular weight excluding hydrogens is 328 g/mol. The lowest BCUT2D eigenvalue weighted by Gasteiger charge is -2.54. The van der Waals surface area contributed by atoms with E-state index in [1.54, 1.807) is 19.2 Å². The minimum absolute atomic E-state index is 0.117. The molecule has 0 N–H and O–H groups in total. The third-order valence-corrected chi connectivity index (χ3v) is 6.52. The fourth-order valence-corrected chi connectivity index (χ4v) is 5.56. The Bertz CT molecular complexity index is 701. The quantitative estimate of drug-likeness (QED) is 0.602. The van der Waals surface area contributed by atoms with Crippen molar-refractivity contribution >= 4 is 23.4 Å². The summed E-state index contributed by atoms with van der Waals surface area (Å²) in [4.78, 5) is 25.4. The van der Waals surface area contributed by atoms with E-state index in [1.807, 2.05) is 13.0 Å². The molecule has 24 heavy (non-hydrogen) atoms. The first kappa shape index (κ1) is 17.3. The Kier molecular flexibility index (Phi) is 4.15. The van der Waals surface area contributed by atoms with Gasteiger partial charge in [-0.05, 0) is 48.9 Å². The maximum atomic E-state index is 12.9. The molecule has 1 fully saturated rings. The van der Waals surface area contributed by atoms with Gasteiger partial charge in [0.15, 0.2) is 5.78 Å². The van der Waals surface area contributed by atoms with Crippen LogP contribution >= 0.6 is 11.6 Å². The molecule has 4 atom stereocenters. The van der Waals surface area contributed by atoms with E-state index in [9.17, 15) is 9.59 Å². The van der Waals surface area contributed by atoms with Crippen LogP contribution in [0.1, 0.15) is 49.0 Å². The molecule has 130 valence electrons. The molecule has 0 aromatic heterocycles. The molecule has 2 aliphatic rings. The predicted octanol–water partition coefficient (Wildman–Crippen LogP) is 3.74. The van der Waals surface area contributed by atoms with Crippen LogP contribution in [0.15, 0.2) is 18.2 Å². The van der Waals surface area contributed by atoms with Crippen LogP contribution in [0.4, 0.5) is 0 Å². The topological polar surface area (TPSA) is 52.6 Å². The van der Waals surface area contributed by atoms with Gasteiger partial charge in [0, 0.05) is 11.5 Å². The van der Waals surface area contributed by atoms with E-state index < -0.39 is 10.8 Å². The first-order valence-corrected chi connectivity index (χ1v) is 8.68. The number of hydrogen-bond acceptors (Lipinski definition) is 4. The molecule has 2 aliphatic carbocycles. The molecule has 0 amide bonds. The average Bonchev–Trinajstić information content (AvgIpc) is 2.58. The van der Waals surface area contributed by atoms with Gasteiger partial charge in [0.1, 0.15) is 11.1 Å². The highest BCUT2D eigenvalue weighted by atomic mass is 35.5. The van der Waals surface area contributed by atoms with Crippen molar-refractivity contribution in [1.29, 1.82) is 0 Å². The average molecular weight is 351 g/mol. The number of fused-ring (bicyclic) bond motifs is 3. The smallest absolute Gasteiger partial charge is 0.311 e. The second kappa shape index (κ2) is 5.76. The maximum absolute atomic E-state index is 12.9. The zero-order valence-electron chi connectivity index (χ0n) is 14.5. The van der Waals surface area contributed by atoms with Gasteiger partial charge in [-0.3, -0.25) is 9.59 Å². The van der Waals surface area contributed by atoms with Crippen LogP contribution in [0, 0.1) is 11.3 Å². The van der Waals surface area contributed by atoms with Crippen molar-refractivity contribution in [3.63, 3.8) is 0 Å². The van der Waals surface area contributed by atoms with E-state index in [4.69, 9.17) is 21.1 Å². The van der Waals surface area contributed by atoms with Crippen LogP contribution < -0.4 is 4.74 Å². The minimum Gasteiger partial charge on any atom is -0.497 e. The van der Waals surface area contributed by atoms with E-state index in [0.717, 1.165) is 18.4 Å². The van der Waals surface area contributed by atoms with Gasteiger partial charge in [-0.15, -0.1) is 11.6 Å². The Morgan fingerprint density at radius 1 is 1.25 bits per heavy atom. The molecular formula is C19H23ClO4. The zero-order chi connectivity index (χ0) is 17.7. The summed E-state index contributed by atoms with van der Waals surface area (Å²) in [5.41, 5.74) is 0.433. The van der Waals surface area contributed by atoms with Crippen LogP contribution in [-0.4, -0.2) is 31.3 Å². The highest BCUT2D eigenvalue weighted by molar-refractivity contribution is 6.35. The molecule has 0 heterocycles. The van der Waals surface area contributed by atoms with Gasteiger partial charge < -0.3 is 9.47 Å². The van der Waals surface area contributed by atoms with E-state index in [2.05, 4.69) is 6.92 Å². The highest BCUT2D eigenvalue weighted by Gasteiger charge is 2.61. The lowest BCUT2D eigenvalue weighted by Crippen LogP contribution is -2.58. The van der Waals surface area contributed by atoms with E-state index in [0.29, 0.717) is 17.7 Å². The number of alkyl halides is 1. The molecule has 0 saturated heterocycles. The molecule has 0 radical (unpaired) electrons. The number of ketones is 1. The van der Waals surface area contributed by atoms with Gasteiger partial charge in [0.25, 0.3) is 0 Å². The van der Waals surface area contributed by atoms with Crippen molar-refractivity contribution in [1.82, 2.24) is 0 Å². The van der Waals surface area contributed by atoms with Gasteiger partial charge >= 0.3 is 5.97 Å². The number of methoxy groups -OCH3 is 2. The second-order valence-corrected chi connectivity index (χ2v) is 7.81. The van der Waals surface area contributed by atoms with Crippen molar-refractivity contribution in [3.05, 3.63) is 29.3 Å². The normalized spacial score (nSPS) is 35.0. The Hall–Kier alpha value is -1.55. The third-order valence-electron chi connectivity index (χ3n) is 6.07. The summed E-state index contributed by atoms with van der Waals surface area (Å²) < 4.78 is 10.4. The number of ether oxygens (including phenoxy) is 2.